The number of hydrogen-bond donors (Lipinski definition) is 0. The number of nitrogens with zero attached hydrogens (tertiary/aromatic N) is 2. The molecule has 55 heavy (non-hydrogen) atoms. The van der Waals surface area contributed by atoms with Gasteiger partial charge < -0.3 is 13.9 Å². The fourth-order valence-corrected chi connectivity index (χ4v) is 9.08. The first-order valence-electron chi connectivity index (χ1n) is 18.8. The molecule has 1 aliphatic heterocycles. The van der Waals surface area contributed by atoms with Crippen LogP contribution < -0.4 is 4.74 Å². The summed E-state index contributed by atoms with van der Waals surface area (Å²) in [7, 11) is 0. The Labute approximate surface area is 317 Å². The summed E-state index contributed by atoms with van der Waals surface area (Å²) in [5, 5.41) is 7.29. The van der Waals surface area contributed by atoms with Gasteiger partial charge in [0.05, 0.1) is 22.1 Å². The topological polar surface area (TPSA) is 19.1 Å². The van der Waals surface area contributed by atoms with Crippen molar-refractivity contribution in [3.63, 3.8) is 0 Å². The fraction of sp³-hybridized carbons (Fsp3) is 0. The number of aromatic nitrogens is 2. The van der Waals surface area contributed by atoms with E-state index in [4.69, 9.17) is 4.74 Å². The van der Waals surface area contributed by atoms with E-state index in [0.29, 0.717) is 0 Å². The maximum atomic E-state index is 7.05. The molecule has 0 radical (unpaired) electrons. The van der Waals surface area contributed by atoms with Crippen LogP contribution in [0.5, 0.6) is 11.5 Å². The Morgan fingerprint density at radius 2 is 0.891 bits per heavy atom. The first-order valence-corrected chi connectivity index (χ1v) is 18.8. The van der Waals surface area contributed by atoms with Gasteiger partial charge in [0.1, 0.15) is 11.5 Å². The van der Waals surface area contributed by atoms with Gasteiger partial charge in [-0.25, -0.2) is 0 Å². The van der Waals surface area contributed by atoms with Gasteiger partial charge in [-0.2, -0.15) is 0 Å². The van der Waals surface area contributed by atoms with Gasteiger partial charge in [-0.3, -0.25) is 0 Å². The van der Waals surface area contributed by atoms with Gasteiger partial charge in [-0.15, -0.1) is 0 Å². The molecule has 0 saturated heterocycles. The van der Waals surface area contributed by atoms with Crippen molar-refractivity contribution >= 4 is 54.4 Å². The summed E-state index contributed by atoms with van der Waals surface area (Å²) in [5.41, 5.74) is 13.9. The fourth-order valence-electron chi connectivity index (χ4n) is 9.08. The molecule has 0 atom stereocenters. The molecule has 12 rings (SSSR count). The van der Waals surface area contributed by atoms with E-state index in [-0.39, 0.29) is 0 Å². The van der Waals surface area contributed by atoms with Crippen molar-refractivity contribution in [3.05, 3.63) is 194 Å². The van der Waals surface area contributed by atoms with Gasteiger partial charge >= 0.3 is 0 Å². The molecule has 256 valence electrons. The van der Waals surface area contributed by atoms with Gasteiger partial charge in [-0.05, 0) is 81.7 Å². The molecule has 2 aromatic heterocycles. The van der Waals surface area contributed by atoms with Crippen molar-refractivity contribution in [1.29, 1.82) is 0 Å². The molecule has 3 heteroatoms. The Hall–Kier alpha value is -7.36. The largest absolute Gasteiger partial charge is 0.456 e. The van der Waals surface area contributed by atoms with Crippen molar-refractivity contribution in [3.8, 4) is 56.3 Å². The van der Waals surface area contributed by atoms with Crippen LogP contribution in [0, 0.1) is 0 Å². The van der Waals surface area contributed by atoms with Crippen molar-refractivity contribution in [2.24, 2.45) is 0 Å². The average molecular weight is 701 g/mol. The molecule has 0 saturated carbocycles. The third-order valence-corrected chi connectivity index (χ3v) is 11.5. The lowest BCUT2D eigenvalue weighted by atomic mass is 9.92. The van der Waals surface area contributed by atoms with E-state index < -0.39 is 0 Å². The van der Waals surface area contributed by atoms with E-state index in [1.165, 1.54) is 71.3 Å². The van der Waals surface area contributed by atoms with Crippen molar-refractivity contribution in [2.45, 2.75) is 0 Å². The van der Waals surface area contributed by atoms with Crippen LogP contribution in [-0.2, 0) is 0 Å². The Morgan fingerprint density at radius 3 is 1.69 bits per heavy atom. The van der Waals surface area contributed by atoms with Crippen LogP contribution in [0.25, 0.3) is 99.1 Å². The Bertz CT molecular complexity index is 3330. The molecule has 3 heterocycles. The predicted molar refractivity (Wildman–Crippen MR) is 229 cm³/mol. The lowest BCUT2D eigenvalue weighted by Gasteiger charge is -2.23. The summed E-state index contributed by atoms with van der Waals surface area (Å²) in [6.07, 6.45) is 0. The summed E-state index contributed by atoms with van der Waals surface area (Å²) in [6, 6.07) is 70.0. The number of benzene rings is 9. The summed E-state index contributed by atoms with van der Waals surface area (Å²) in [5.74, 6) is 1.73. The summed E-state index contributed by atoms with van der Waals surface area (Å²) < 4.78 is 11.8. The van der Waals surface area contributed by atoms with E-state index in [1.54, 1.807) is 0 Å². The normalized spacial score (nSPS) is 12.1. The Morgan fingerprint density at radius 1 is 0.291 bits per heavy atom. The van der Waals surface area contributed by atoms with Gasteiger partial charge in [0.15, 0.2) is 0 Å². The van der Waals surface area contributed by atoms with Gasteiger partial charge in [0.25, 0.3) is 0 Å². The summed E-state index contributed by atoms with van der Waals surface area (Å²) in [4.78, 5) is 0. The van der Waals surface area contributed by atoms with Crippen LogP contribution in [-0.4, -0.2) is 9.13 Å². The number of hydrogen-bond acceptors (Lipinski definition) is 1. The van der Waals surface area contributed by atoms with E-state index in [1.807, 2.05) is 0 Å². The zero-order valence-electron chi connectivity index (χ0n) is 29.8. The van der Waals surface area contributed by atoms with E-state index in [9.17, 15) is 0 Å². The minimum absolute atomic E-state index is 0.859. The Kier molecular flexibility index (Phi) is 6.34. The summed E-state index contributed by atoms with van der Waals surface area (Å²) >= 11 is 0. The molecule has 0 spiro atoms. The van der Waals surface area contributed by atoms with E-state index in [0.717, 1.165) is 39.3 Å². The SMILES string of the molecule is c1ccc(-c2cccc(-n3c4ccccc4c4c5cccc6c5c(cc43)Oc3cc(-n4c5ccccc5c5cc(-c7ccccc7)ccc54)ccc3-6)c2)cc1. The quantitative estimate of drug-likeness (QED) is 0.179. The molecule has 11 aromatic rings. The highest BCUT2D eigenvalue weighted by Gasteiger charge is 2.26. The highest BCUT2D eigenvalue weighted by molar-refractivity contribution is 6.25. The highest BCUT2D eigenvalue weighted by atomic mass is 16.5. The average Bonchev–Trinajstić information content (AvgIpc) is 3.77. The summed E-state index contributed by atoms with van der Waals surface area (Å²) in [6.45, 7) is 0. The molecular formula is C52H32N2O. The second-order valence-corrected chi connectivity index (χ2v) is 14.5. The molecule has 3 nitrogen and oxygen atoms in total. The first kappa shape index (κ1) is 30.1. The molecule has 0 N–H and O–H groups in total. The Balaban J connectivity index is 1.06. The predicted octanol–water partition coefficient (Wildman–Crippen LogP) is 14.1. The van der Waals surface area contributed by atoms with E-state index in [2.05, 4.69) is 203 Å². The van der Waals surface area contributed by atoms with Crippen molar-refractivity contribution in [1.82, 2.24) is 9.13 Å². The molecule has 0 fully saturated rings. The molecule has 9 aromatic carbocycles. The van der Waals surface area contributed by atoms with Crippen LogP contribution in [0.15, 0.2) is 194 Å². The van der Waals surface area contributed by atoms with Crippen LogP contribution >= 0.6 is 0 Å². The zero-order valence-corrected chi connectivity index (χ0v) is 29.8. The third kappa shape index (κ3) is 4.44. The number of para-hydroxylation sites is 2. The lowest BCUT2D eigenvalue weighted by Crippen LogP contribution is -2.01. The number of fused-ring (bicyclic) bond motifs is 9. The second kappa shape index (κ2) is 11.6. The zero-order chi connectivity index (χ0) is 36.0. The van der Waals surface area contributed by atoms with Crippen molar-refractivity contribution in [2.75, 3.05) is 0 Å². The number of ether oxygens (including phenoxy) is 1. The van der Waals surface area contributed by atoms with Gasteiger partial charge in [0.2, 0.25) is 0 Å². The van der Waals surface area contributed by atoms with Crippen LogP contribution in [0.4, 0.5) is 0 Å². The molecular weight excluding hydrogens is 669 g/mol. The maximum absolute atomic E-state index is 7.05. The highest BCUT2D eigenvalue weighted by Crippen LogP contribution is 2.51. The van der Waals surface area contributed by atoms with Crippen LogP contribution in [0.3, 0.4) is 0 Å². The number of rotatable bonds is 4. The minimum Gasteiger partial charge on any atom is -0.456 e. The third-order valence-electron chi connectivity index (χ3n) is 11.5. The van der Waals surface area contributed by atoms with Gasteiger partial charge in [0, 0.05) is 56.0 Å². The van der Waals surface area contributed by atoms with Crippen LogP contribution in [0.2, 0.25) is 0 Å². The first-order chi connectivity index (χ1) is 27.3. The standard InChI is InChI=1S/C52H32N2O/c1-3-13-33(14-4-1)35-17-11-18-37(29-35)54-46-24-10-8-20-42(46)51-43-22-12-21-41-40-27-26-38(31-49(40)55-50(52(41)43)32-48(51)54)53-45-23-9-7-19-39(45)44-30-36(25-28-47(44)53)34-15-5-2-6-16-34/h1-32H. The van der Waals surface area contributed by atoms with Crippen LogP contribution in [0.1, 0.15) is 0 Å². The van der Waals surface area contributed by atoms with Gasteiger partial charge in [-0.1, -0.05) is 133 Å². The minimum atomic E-state index is 0.859. The smallest absolute Gasteiger partial charge is 0.138 e. The monoisotopic (exact) mass is 700 g/mol. The lowest BCUT2D eigenvalue weighted by molar-refractivity contribution is 0.487. The molecule has 0 amide bonds. The van der Waals surface area contributed by atoms with Crippen molar-refractivity contribution < 1.29 is 4.74 Å². The molecule has 0 aliphatic carbocycles. The molecule has 0 unspecified atom stereocenters. The second-order valence-electron chi connectivity index (χ2n) is 14.5. The maximum Gasteiger partial charge on any atom is 0.138 e. The molecule has 0 bridgehead atoms. The van der Waals surface area contributed by atoms with E-state index >= 15 is 0 Å². The molecule has 1 aliphatic rings.